The lowest BCUT2D eigenvalue weighted by atomic mass is 9.97. The standard InChI is InChI=1S/C58H34N4.C55H33N3/c1-2-11-41(12-3-1)61-52-20-9-7-16-48(52)55-43-28-24-36(31-39(43)26-30-54(55)61)38-25-29-53-49(34-38)45-14-6-8-19-51(45)62(53)42-27-23-35-32-40(22-21-37(35)33-42)58-59-50-18-10-17-46-44-13-4-5-15-47(44)57(60-58)56(46)50;1-2-13-38(14-3-1)57-50-23-9-7-19-45(50)54-40-27-24-34(30-36(40)26-29-52(54)57)35-25-28-51-47(32-35)43-18-6-8-22-49(43)58(51)39-15-10-12-37(31-39)55-46-21-11-20-44-41-16-4-5-17-42(41)48(33-56-55)53(44)46/h1-34H;1-33H. The van der Waals surface area contributed by atoms with Crippen LogP contribution in [0.4, 0.5) is 0 Å². The minimum atomic E-state index is 0.751. The summed E-state index contributed by atoms with van der Waals surface area (Å²) in [5.41, 5.74) is 32.9. The minimum absolute atomic E-state index is 0.751. The molecule has 0 N–H and O–H groups in total. The van der Waals surface area contributed by atoms with Gasteiger partial charge in [-0.3, -0.25) is 4.98 Å². The maximum atomic E-state index is 5.18. The monoisotopic (exact) mass is 1520 g/mol. The van der Waals surface area contributed by atoms with Gasteiger partial charge in [-0.2, -0.15) is 0 Å². The summed E-state index contributed by atoms with van der Waals surface area (Å²) in [7, 11) is 0. The van der Waals surface area contributed by atoms with Gasteiger partial charge in [0.25, 0.3) is 0 Å². The number of aromatic nitrogens is 7. The zero-order valence-electron chi connectivity index (χ0n) is 64.8. The topological polar surface area (TPSA) is 58.4 Å². The van der Waals surface area contributed by atoms with Crippen molar-refractivity contribution in [1.82, 2.24) is 33.2 Å². The van der Waals surface area contributed by atoms with Crippen LogP contribution in [0.25, 0.3) is 254 Å². The molecule has 0 saturated heterocycles. The Kier molecular flexibility index (Phi) is 14.2. The second-order valence-electron chi connectivity index (χ2n) is 32.1. The SMILES string of the molecule is c1ccc(-n2c3ccccc3c3c4ccc(-c5ccc6c(c5)c5ccccc5n6-c5ccc6cc(-c7nc8c9c(cccc9n7)-c7ccccc7-8)ccc6c5)cc4ccc32)cc1.c1ccc(-n2c3ccccc3c3c4ccc(-c5ccc6c(c5)c5ccccc5n6-c5cccc(-c6ncc7c8c(cccc68)-c6ccccc6-7)c5)cc4ccc32)cc1. The highest BCUT2D eigenvalue weighted by Crippen LogP contribution is 2.51. The molecule has 0 fully saturated rings. The zero-order chi connectivity index (χ0) is 78.4. The predicted octanol–water partition coefficient (Wildman–Crippen LogP) is 29.7. The van der Waals surface area contributed by atoms with E-state index in [9.17, 15) is 0 Å². The number of nitrogens with zero attached hydrogens (tertiary/aromatic N) is 7. The molecule has 554 valence electrons. The molecule has 19 aromatic carbocycles. The molecule has 6 aromatic heterocycles. The lowest BCUT2D eigenvalue weighted by Crippen LogP contribution is -1.95. The first-order valence-corrected chi connectivity index (χ1v) is 41.2. The Bertz CT molecular complexity index is 8710. The first kappa shape index (κ1) is 66.2. The van der Waals surface area contributed by atoms with Crippen LogP contribution in [0, 0.1) is 0 Å². The molecule has 120 heavy (non-hydrogen) atoms. The van der Waals surface area contributed by atoms with Gasteiger partial charge in [0.2, 0.25) is 0 Å². The molecule has 0 spiro atoms. The number of fused-ring (bicyclic) bond motifs is 23. The van der Waals surface area contributed by atoms with Crippen LogP contribution in [0.3, 0.4) is 0 Å². The van der Waals surface area contributed by atoms with Crippen LogP contribution in [0.2, 0.25) is 0 Å². The van der Waals surface area contributed by atoms with Gasteiger partial charge in [-0.1, -0.05) is 267 Å². The maximum absolute atomic E-state index is 5.18. The van der Waals surface area contributed by atoms with Crippen LogP contribution in [-0.2, 0) is 0 Å². The Morgan fingerprint density at radius 1 is 0.175 bits per heavy atom. The highest BCUT2D eigenvalue weighted by Gasteiger charge is 2.28. The van der Waals surface area contributed by atoms with E-state index in [0.717, 1.165) is 56.0 Å². The van der Waals surface area contributed by atoms with Crippen LogP contribution in [0.15, 0.2) is 407 Å². The van der Waals surface area contributed by atoms with E-state index in [1.165, 1.54) is 197 Å². The van der Waals surface area contributed by atoms with Crippen molar-refractivity contribution in [2.75, 3.05) is 0 Å². The maximum Gasteiger partial charge on any atom is 0.160 e. The van der Waals surface area contributed by atoms with Crippen molar-refractivity contribution in [2.45, 2.75) is 0 Å². The molecule has 0 aliphatic heterocycles. The molecule has 25 aromatic rings. The Morgan fingerprint density at radius 3 is 1.18 bits per heavy atom. The normalized spacial score (nSPS) is 12.2. The Hall–Kier alpha value is -16.1. The fourth-order valence-corrected chi connectivity index (χ4v) is 20.4. The number of hydrogen-bond acceptors (Lipinski definition) is 3. The van der Waals surface area contributed by atoms with E-state index in [2.05, 4.69) is 425 Å². The van der Waals surface area contributed by atoms with Gasteiger partial charge in [0.05, 0.1) is 61.0 Å². The Labute approximate surface area is 688 Å². The van der Waals surface area contributed by atoms with E-state index in [4.69, 9.17) is 15.0 Å². The molecule has 2 aliphatic rings. The van der Waals surface area contributed by atoms with Crippen molar-refractivity contribution < 1.29 is 0 Å². The van der Waals surface area contributed by atoms with Crippen LogP contribution >= 0.6 is 0 Å². The van der Waals surface area contributed by atoms with Crippen molar-refractivity contribution in [3.05, 3.63) is 407 Å². The zero-order valence-corrected chi connectivity index (χ0v) is 64.8. The molecule has 7 nitrogen and oxygen atoms in total. The van der Waals surface area contributed by atoms with Gasteiger partial charge < -0.3 is 18.3 Å². The Morgan fingerprint density at radius 2 is 0.575 bits per heavy atom. The first-order valence-electron chi connectivity index (χ1n) is 41.2. The van der Waals surface area contributed by atoms with E-state index in [-0.39, 0.29) is 0 Å². The fourth-order valence-electron chi connectivity index (χ4n) is 20.4. The third-order valence-electron chi connectivity index (χ3n) is 25.7. The molecule has 0 amide bonds. The van der Waals surface area contributed by atoms with Gasteiger partial charge in [-0.15, -0.1) is 0 Å². The number of rotatable bonds is 8. The number of benzene rings is 19. The summed E-state index contributed by atoms with van der Waals surface area (Å²) in [5, 5.41) is 21.0. The number of pyridine rings is 1. The average molecular weight is 1520 g/mol. The van der Waals surface area contributed by atoms with Crippen molar-refractivity contribution in [2.24, 2.45) is 0 Å². The average Bonchev–Trinajstić information content (AvgIpc) is 1.58. The third kappa shape index (κ3) is 9.83. The second kappa shape index (κ2) is 25.7. The fraction of sp³-hybridized carbons (Fsp3) is 0. The van der Waals surface area contributed by atoms with Crippen molar-refractivity contribution in [3.63, 3.8) is 0 Å². The summed E-state index contributed by atoms with van der Waals surface area (Å²) in [5.74, 6) is 0.751. The van der Waals surface area contributed by atoms with Gasteiger partial charge in [0, 0.05) is 110 Å². The van der Waals surface area contributed by atoms with Gasteiger partial charge in [0.15, 0.2) is 5.82 Å². The van der Waals surface area contributed by atoms with Gasteiger partial charge in [-0.25, -0.2) is 9.97 Å². The summed E-state index contributed by atoms with van der Waals surface area (Å²) in [6.45, 7) is 0. The molecule has 0 atom stereocenters. The molecule has 27 rings (SSSR count). The molecule has 0 bridgehead atoms. The first-order chi connectivity index (χ1) is 59.5. The molecule has 0 unspecified atom stereocenters. The van der Waals surface area contributed by atoms with Crippen LogP contribution in [0.1, 0.15) is 0 Å². The summed E-state index contributed by atoms with van der Waals surface area (Å²) in [6.07, 6.45) is 2.07. The van der Waals surface area contributed by atoms with Gasteiger partial charge >= 0.3 is 0 Å². The third-order valence-corrected chi connectivity index (χ3v) is 25.7. The van der Waals surface area contributed by atoms with Crippen LogP contribution < -0.4 is 0 Å². The van der Waals surface area contributed by atoms with Crippen molar-refractivity contribution in [3.8, 4) is 112 Å². The van der Waals surface area contributed by atoms with E-state index < -0.39 is 0 Å². The van der Waals surface area contributed by atoms with E-state index in [1.807, 2.05) is 0 Å². The largest absolute Gasteiger partial charge is 0.309 e. The molecular weight excluding hydrogens is 1460 g/mol. The van der Waals surface area contributed by atoms with Crippen molar-refractivity contribution in [1.29, 1.82) is 0 Å². The lowest BCUT2D eigenvalue weighted by molar-refractivity contribution is 1.18. The molecule has 7 heteroatoms. The summed E-state index contributed by atoms with van der Waals surface area (Å²) < 4.78 is 9.59. The molecule has 6 heterocycles. The van der Waals surface area contributed by atoms with Crippen LogP contribution in [-0.4, -0.2) is 33.2 Å². The predicted molar refractivity (Wildman–Crippen MR) is 502 cm³/mol. The minimum Gasteiger partial charge on any atom is -0.309 e. The molecule has 0 radical (unpaired) electrons. The number of para-hydroxylation sites is 6. The molecule has 0 saturated carbocycles. The lowest BCUT2D eigenvalue weighted by Gasteiger charge is -2.12. The highest BCUT2D eigenvalue weighted by atomic mass is 15.0. The Balaban J connectivity index is 0.000000130. The van der Waals surface area contributed by atoms with Crippen molar-refractivity contribution >= 4 is 141 Å². The van der Waals surface area contributed by atoms with Gasteiger partial charge in [0.1, 0.15) is 0 Å². The highest BCUT2D eigenvalue weighted by molar-refractivity contribution is 6.25. The summed E-state index contributed by atoms with van der Waals surface area (Å²) in [4.78, 5) is 15.4. The van der Waals surface area contributed by atoms with E-state index in [0.29, 0.717) is 0 Å². The number of hydrogen-bond donors (Lipinski definition) is 0. The van der Waals surface area contributed by atoms with Gasteiger partial charge in [-0.05, 0) is 216 Å². The quantitative estimate of drug-likeness (QED) is 0.152. The second-order valence-corrected chi connectivity index (χ2v) is 32.1. The van der Waals surface area contributed by atoms with E-state index >= 15 is 0 Å². The van der Waals surface area contributed by atoms with Crippen LogP contribution in [0.5, 0.6) is 0 Å². The smallest absolute Gasteiger partial charge is 0.160 e. The summed E-state index contributed by atoms with van der Waals surface area (Å²) >= 11 is 0. The molecule has 2 aliphatic carbocycles. The molecular formula is C113H67N7. The summed E-state index contributed by atoms with van der Waals surface area (Å²) in [6, 6.07) is 146. The van der Waals surface area contributed by atoms with E-state index in [1.54, 1.807) is 0 Å².